The van der Waals surface area contributed by atoms with Gasteiger partial charge in [-0.05, 0) is 37.5 Å². The molecule has 3 heteroatoms. The fourth-order valence-corrected chi connectivity index (χ4v) is 3.52. The molecule has 1 heterocycles. The van der Waals surface area contributed by atoms with E-state index in [2.05, 4.69) is 6.92 Å². The fraction of sp³-hybridized carbons (Fsp3) is 0.929. The second-order valence-corrected chi connectivity index (χ2v) is 5.96. The maximum absolute atomic E-state index is 12.3. The lowest BCUT2D eigenvalue weighted by Crippen LogP contribution is -2.40. The van der Waals surface area contributed by atoms with Crippen molar-refractivity contribution >= 4 is 5.91 Å². The third kappa shape index (κ3) is 3.21. The van der Waals surface area contributed by atoms with Gasteiger partial charge in [0.25, 0.3) is 0 Å². The Morgan fingerprint density at radius 3 is 2.82 bits per heavy atom. The average molecular weight is 238 g/mol. The highest BCUT2D eigenvalue weighted by Gasteiger charge is 2.30. The summed E-state index contributed by atoms with van der Waals surface area (Å²) >= 11 is 0. The number of likely N-dealkylation sites (tertiary alicyclic amines) is 1. The van der Waals surface area contributed by atoms with E-state index in [4.69, 9.17) is 5.73 Å². The van der Waals surface area contributed by atoms with E-state index >= 15 is 0 Å². The summed E-state index contributed by atoms with van der Waals surface area (Å²) in [4.78, 5) is 14.3. The Labute approximate surface area is 105 Å². The van der Waals surface area contributed by atoms with Crippen LogP contribution in [0.1, 0.15) is 51.9 Å². The van der Waals surface area contributed by atoms with Crippen LogP contribution in [-0.4, -0.2) is 29.9 Å². The first-order valence-electron chi connectivity index (χ1n) is 7.20. The second kappa shape index (κ2) is 5.85. The monoisotopic (exact) mass is 238 g/mol. The highest BCUT2D eigenvalue weighted by Crippen LogP contribution is 2.31. The van der Waals surface area contributed by atoms with Crippen molar-refractivity contribution in [2.45, 2.75) is 57.9 Å². The number of amides is 1. The number of hydrogen-bond acceptors (Lipinski definition) is 2. The number of hydrogen-bond donors (Lipinski definition) is 1. The first kappa shape index (κ1) is 12.9. The van der Waals surface area contributed by atoms with Crippen molar-refractivity contribution in [3.8, 4) is 0 Å². The van der Waals surface area contributed by atoms with E-state index in [1.165, 1.54) is 25.7 Å². The molecule has 0 aromatic heterocycles. The summed E-state index contributed by atoms with van der Waals surface area (Å²) in [5.74, 6) is 1.80. The second-order valence-electron chi connectivity index (χ2n) is 5.96. The van der Waals surface area contributed by atoms with Crippen LogP contribution in [0, 0.1) is 11.8 Å². The maximum atomic E-state index is 12.3. The molecule has 3 nitrogen and oxygen atoms in total. The third-order valence-corrected chi connectivity index (χ3v) is 4.48. The van der Waals surface area contributed by atoms with Crippen molar-refractivity contribution in [2.24, 2.45) is 17.6 Å². The van der Waals surface area contributed by atoms with Crippen LogP contribution in [0.15, 0.2) is 0 Å². The predicted octanol–water partition coefficient (Wildman–Crippen LogP) is 2.15. The van der Waals surface area contributed by atoms with Gasteiger partial charge in [0.1, 0.15) is 0 Å². The smallest absolute Gasteiger partial charge is 0.223 e. The number of rotatable bonds is 3. The zero-order chi connectivity index (χ0) is 12.3. The Balaban J connectivity index is 1.83. The Morgan fingerprint density at radius 1 is 1.29 bits per heavy atom. The number of nitrogens with two attached hydrogens (primary N) is 1. The van der Waals surface area contributed by atoms with Crippen LogP contribution >= 0.6 is 0 Å². The summed E-state index contributed by atoms with van der Waals surface area (Å²) in [6.45, 7) is 3.88. The van der Waals surface area contributed by atoms with Crippen LogP contribution in [0.2, 0.25) is 0 Å². The molecule has 0 unspecified atom stereocenters. The minimum Gasteiger partial charge on any atom is -0.338 e. The fourth-order valence-electron chi connectivity index (χ4n) is 3.52. The van der Waals surface area contributed by atoms with Crippen LogP contribution in [0.25, 0.3) is 0 Å². The normalized spacial score (nSPS) is 34.0. The van der Waals surface area contributed by atoms with Gasteiger partial charge >= 0.3 is 0 Å². The van der Waals surface area contributed by atoms with Crippen molar-refractivity contribution in [3.63, 3.8) is 0 Å². The van der Waals surface area contributed by atoms with E-state index in [1.807, 2.05) is 4.90 Å². The zero-order valence-corrected chi connectivity index (χ0v) is 11.0. The molecular formula is C14H26N2O. The van der Waals surface area contributed by atoms with Crippen LogP contribution in [0.4, 0.5) is 0 Å². The molecule has 2 rings (SSSR count). The van der Waals surface area contributed by atoms with Gasteiger partial charge in [-0.1, -0.05) is 19.8 Å². The van der Waals surface area contributed by atoms with Gasteiger partial charge in [-0.25, -0.2) is 0 Å². The summed E-state index contributed by atoms with van der Waals surface area (Å²) in [7, 11) is 0. The molecule has 1 saturated carbocycles. The van der Waals surface area contributed by atoms with Gasteiger partial charge in [0.05, 0.1) is 0 Å². The molecule has 1 amide bonds. The van der Waals surface area contributed by atoms with Gasteiger partial charge < -0.3 is 10.6 Å². The quantitative estimate of drug-likeness (QED) is 0.819. The van der Waals surface area contributed by atoms with E-state index < -0.39 is 0 Å². The molecule has 3 atom stereocenters. The Bertz CT molecular complexity index is 267. The molecule has 0 bridgehead atoms. The molecule has 0 radical (unpaired) electrons. The molecule has 0 aromatic carbocycles. The van der Waals surface area contributed by atoms with Gasteiger partial charge in [-0.2, -0.15) is 0 Å². The van der Waals surface area contributed by atoms with Gasteiger partial charge in [0, 0.05) is 25.6 Å². The summed E-state index contributed by atoms with van der Waals surface area (Å²) in [5, 5.41) is 0. The van der Waals surface area contributed by atoms with E-state index in [0.717, 1.165) is 31.7 Å². The van der Waals surface area contributed by atoms with E-state index in [0.29, 0.717) is 24.4 Å². The topological polar surface area (TPSA) is 46.3 Å². The highest BCUT2D eigenvalue weighted by atomic mass is 16.2. The Morgan fingerprint density at radius 2 is 2.12 bits per heavy atom. The maximum Gasteiger partial charge on any atom is 0.223 e. The van der Waals surface area contributed by atoms with Crippen molar-refractivity contribution in [2.75, 3.05) is 13.1 Å². The van der Waals surface area contributed by atoms with E-state index in [1.54, 1.807) is 0 Å². The molecule has 0 spiro atoms. The van der Waals surface area contributed by atoms with Crippen LogP contribution in [0.3, 0.4) is 0 Å². The standard InChI is InChI=1S/C14H26N2O/c1-11-4-2-5-12(8-11)9-14(17)16-7-3-6-13(16)10-15/h11-13H,2-10,15H2,1H3/t11-,12-,13+/m1/s1. The minimum atomic E-state index is 0.323. The van der Waals surface area contributed by atoms with Crippen molar-refractivity contribution in [1.82, 2.24) is 4.90 Å². The first-order chi connectivity index (χ1) is 8.20. The predicted molar refractivity (Wildman–Crippen MR) is 69.5 cm³/mol. The highest BCUT2D eigenvalue weighted by molar-refractivity contribution is 5.77. The molecular weight excluding hydrogens is 212 g/mol. The molecule has 17 heavy (non-hydrogen) atoms. The van der Waals surface area contributed by atoms with Crippen molar-refractivity contribution < 1.29 is 4.79 Å². The molecule has 2 fully saturated rings. The number of carbonyl (C=O) groups excluding carboxylic acids is 1. The van der Waals surface area contributed by atoms with Gasteiger partial charge in [0.15, 0.2) is 0 Å². The summed E-state index contributed by atoms with van der Waals surface area (Å²) < 4.78 is 0. The number of carbonyl (C=O) groups is 1. The molecule has 2 N–H and O–H groups in total. The zero-order valence-electron chi connectivity index (χ0n) is 11.0. The summed E-state index contributed by atoms with van der Waals surface area (Å²) in [6.07, 6.45) is 8.14. The van der Waals surface area contributed by atoms with Gasteiger partial charge in [-0.3, -0.25) is 4.79 Å². The lowest BCUT2D eigenvalue weighted by Gasteiger charge is -2.29. The van der Waals surface area contributed by atoms with Gasteiger partial charge in [0.2, 0.25) is 5.91 Å². The lowest BCUT2D eigenvalue weighted by atomic mass is 9.80. The molecule has 0 aromatic rings. The largest absolute Gasteiger partial charge is 0.338 e. The molecule has 2 aliphatic rings. The molecule has 1 saturated heterocycles. The van der Waals surface area contributed by atoms with E-state index in [-0.39, 0.29) is 0 Å². The van der Waals surface area contributed by atoms with Crippen molar-refractivity contribution in [3.05, 3.63) is 0 Å². The van der Waals surface area contributed by atoms with Crippen LogP contribution in [-0.2, 0) is 4.79 Å². The summed E-state index contributed by atoms with van der Waals surface area (Å²) in [6, 6.07) is 0.323. The average Bonchev–Trinajstić information content (AvgIpc) is 2.77. The SMILES string of the molecule is C[C@@H]1CCC[C@@H](CC(=O)N2CCC[C@H]2CN)C1. The lowest BCUT2D eigenvalue weighted by molar-refractivity contribution is -0.133. The Hall–Kier alpha value is -0.570. The summed E-state index contributed by atoms with van der Waals surface area (Å²) in [5.41, 5.74) is 5.72. The Kier molecular flexibility index (Phi) is 4.43. The molecule has 1 aliphatic carbocycles. The van der Waals surface area contributed by atoms with Gasteiger partial charge in [-0.15, -0.1) is 0 Å². The molecule has 98 valence electrons. The molecule has 1 aliphatic heterocycles. The van der Waals surface area contributed by atoms with Crippen LogP contribution in [0.5, 0.6) is 0 Å². The van der Waals surface area contributed by atoms with E-state index in [9.17, 15) is 4.79 Å². The minimum absolute atomic E-state index is 0.323. The van der Waals surface area contributed by atoms with Crippen molar-refractivity contribution in [1.29, 1.82) is 0 Å². The first-order valence-corrected chi connectivity index (χ1v) is 7.20. The van der Waals surface area contributed by atoms with Crippen LogP contribution < -0.4 is 5.73 Å². The third-order valence-electron chi connectivity index (χ3n) is 4.48. The number of nitrogens with zero attached hydrogens (tertiary/aromatic N) is 1.